The number of halogens is 1. The number of rotatable bonds is 4. The maximum atomic E-state index is 12.2. The van der Waals surface area contributed by atoms with E-state index in [0.29, 0.717) is 15.8 Å². The molecule has 3 rings (SSSR count). The Morgan fingerprint density at radius 1 is 1.28 bits per heavy atom. The summed E-state index contributed by atoms with van der Waals surface area (Å²) in [5.41, 5.74) is 2.79. The Hall–Kier alpha value is -2.78. The molecule has 9 heteroatoms. The molecule has 7 nitrogen and oxygen atoms in total. The number of phenolic OH excluding ortho intramolecular Hbond substituents is 1. The summed E-state index contributed by atoms with van der Waals surface area (Å²) in [7, 11) is 0. The fourth-order valence-corrected chi connectivity index (χ4v) is 3.41. The van der Waals surface area contributed by atoms with Gasteiger partial charge in [-0.25, -0.2) is 5.43 Å². The Morgan fingerprint density at radius 3 is 2.84 bits per heavy atom. The molecule has 0 aliphatic rings. The first-order valence-corrected chi connectivity index (χ1v) is 8.55. The molecule has 0 aliphatic carbocycles. The third kappa shape index (κ3) is 3.83. The van der Waals surface area contributed by atoms with Crippen molar-refractivity contribution in [1.82, 2.24) is 5.43 Å². The molecular weight excluding hydrogens is 410 g/mol. The van der Waals surface area contributed by atoms with E-state index in [4.69, 9.17) is 0 Å². The van der Waals surface area contributed by atoms with Crippen LogP contribution >= 0.6 is 27.3 Å². The predicted molar refractivity (Wildman–Crippen MR) is 99.3 cm³/mol. The minimum Gasteiger partial charge on any atom is -0.507 e. The van der Waals surface area contributed by atoms with Crippen molar-refractivity contribution in [2.24, 2.45) is 5.10 Å². The Morgan fingerprint density at radius 2 is 2.08 bits per heavy atom. The van der Waals surface area contributed by atoms with E-state index in [1.807, 2.05) is 0 Å². The van der Waals surface area contributed by atoms with Crippen LogP contribution in [0.5, 0.6) is 5.75 Å². The maximum absolute atomic E-state index is 12.2. The molecule has 0 spiro atoms. The molecule has 0 bridgehead atoms. The maximum Gasteiger partial charge on any atom is 0.281 e. The number of hydrazone groups is 1. The highest BCUT2D eigenvalue weighted by Gasteiger charge is 2.13. The minimum atomic E-state index is -0.481. The van der Waals surface area contributed by atoms with E-state index in [1.165, 1.54) is 35.8 Å². The topological polar surface area (TPSA) is 105 Å². The van der Waals surface area contributed by atoms with E-state index in [2.05, 4.69) is 26.5 Å². The van der Waals surface area contributed by atoms with E-state index in [0.717, 1.165) is 9.17 Å². The van der Waals surface area contributed by atoms with Crippen LogP contribution in [-0.2, 0) is 0 Å². The molecular formula is C16H10BrN3O4S. The third-order valence-corrected chi connectivity index (χ3v) is 4.90. The van der Waals surface area contributed by atoms with Crippen LogP contribution in [0.1, 0.15) is 15.2 Å². The average Bonchev–Trinajstić information content (AvgIpc) is 3.01. The van der Waals surface area contributed by atoms with Gasteiger partial charge in [0, 0.05) is 32.3 Å². The fraction of sp³-hybridized carbons (Fsp3) is 0. The number of non-ortho nitro benzene ring substituents is 1. The van der Waals surface area contributed by atoms with Crippen molar-refractivity contribution in [1.29, 1.82) is 0 Å². The summed E-state index contributed by atoms with van der Waals surface area (Å²) in [6, 6.07) is 10.9. The second kappa shape index (κ2) is 6.99. The molecule has 1 heterocycles. The quantitative estimate of drug-likeness (QED) is 0.378. The number of fused-ring (bicyclic) bond motifs is 1. The number of carbonyl (C=O) groups excluding carboxylic acids is 1. The average molecular weight is 420 g/mol. The molecule has 2 N–H and O–H groups in total. The molecule has 3 aromatic rings. The van der Waals surface area contributed by atoms with Crippen LogP contribution in [0.25, 0.3) is 10.1 Å². The second-order valence-electron chi connectivity index (χ2n) is 4.99. The number of carbonyl (C=O) groups is 1. The number of phenols is 1. The first kappa shape index (κ1) is 17.1. The largest absolute Gasteiger partial charge is 0.507 e. The summed E-state index contributed by atoms with van der Waals surface area (Å²) in [5, 5.41) is 25.0. The van der Waals surface area contributed by atoms with Gasteiger partial charge in [0.05, 0.1) is 16.0 Å². The first-order valence-electron chi connectivity index (χ1n) is 6.94. The van der Waals surface area contributed by atoms with Gasteiger partial charge in [0.2, 0.25) is 0 Å². The summed E-state index contributed by atoms with van der Waals surface area (Å²) in [6.45, 7) is 0. The Bertz CT molecular complexity index is 1020. The molecule has 0 atom stereocenters. The number of hydrogen-bond donors (Lipinski definition) is 2. The lowest BCUT2D eigenvalue weighted by Crippen LogP contribution is -2.16. The lowest BCUT2D eigenvalue weighted by molar-refractivity contribution is -0.384. The van der Waals surface area contributed by atoms with Crippen LogP contribution in [0.4, 0.5) is 5.69 Å². The molecule has 0 radical (unpaired) electrons. The van der Waals surface area contributed by atoms with Gasteiger partial charge in [-0.1, -0.05) is 15.9 Å². The van der Waals surface area contributed by atoms with Gasteiger partial charge in [0.25, 0.3) is 11.6 Å². The number of nitrogens with zero attached hydrogens (tertiary/aromatic N) is 2. The number of hydrogen-bond acceptors (Lipinski definition) is 6. The molecule has 0 saturated carbocycles. The van der Waals surface area contributed by atoms with Crippen molar-refractivity contribution < 1.29 is 14.8 Å². The molecule has 0 aliphatic heterocycles. The van der Waals surface area contributed by atoms with Gasteiger partial charge in [-0.2, -0.15) is 5.10 Å². The standard InChI is InChI=1S/C16H10BrN3O4S/c17-11-1-3-13(21)10(5-11)8-18-19-16(22)15-7-9-6-12(20(23)24)2-4-14(9)25-15/h1-8,21H,(H,19,22)/b18-8-. The summed E-state index contributed by atoms with van der Waals surface area (Å²) in [6.07, 6.45) is 1.33. The van der Waals surface area contributed by atoms with Crippen molar-refractivity contribution in [3.8, 4) is 5.75 Å². The van der Waals surface area contributed by atoms with Crippen molar-refractivity contribution in [3.63, 3.8) is 0 Å². The Balaban J connectivity index is 1.77. The van der Waals surface area contributed by atoms with Crippen molar-refractivity contribution in [2.75, 3.05) is 0 Å². The van der Waals surface area contributed by atoms with Crippen LogP contribution < -0.4 is 5.43 Å². The molecule has 2 aromatic carbocycles. The molecule has 1 amide bonds. The van der Waals surface area contributed by atoms with Gasteiger partial charge in [0.1, 0.15) is 5.75 Å². The van der Waals surface area contributed by atoms with Crippen molar-refractivity contribution in [2.45, 2.75) is 0 Å². The lowest BCUT2D eigenvalue weighted by Gasteiger charge is -1.99. The predicted octanol–water partition coefficient (Wildman–Crippen LogP) is 4.04. The summed E-state index contributed by atoms with van der Waals surface area (Å²) < 4.78 is 1.54. The zero-order chi connectivity index (χ0) is 18.0. The van der Waals surface area contributed by atoms with Crippen LogP contribution in [0, 0.1) is 10.1 Å². The van der Waals surface area contributed by atoms with Crippen LogP contribution in [-0.4, -0.2) is 22.2 Å². The zero-order valence-electron chi connectivity index (χ0n) is 12.5. The number of aromatic hydroxyl groups is 1. The number of nitrogens with one attached hydrogen (secondary N) is 1. The molecule has 126 valence electrons. The molecule has 1 aromatic heterocycles. The van der Waals surface area contributed by atoms with Gasteiger partial charge in [-0.15, -0.1) is 11.3 Å². The summed E-state index contributed by atoms with van der Waals surface area (Å²) in [5.74, 6) is -0.398. The molecule has 0 saturated heterocycles. The number of nitro benzene ring substituents is 1. The van der Waals surface area contributed by atoms with Crippen LogP contribution in [0.2, 0.25) is 0 Å². The third-order valence-electron chi connectivity index (χ3n) is 3.29. The van der Waals surface area contributed by atoms with Gasteiger partial charge >= 0.3 is 0 Å². The second-order valence-corrected chi connectivity index (χ2v) is 6.99. The van der Waals surface area contributed by atoms with E-state index in [1.54, 1.807) is 24.3 Å². The van der Waals surface area contributed by atoms with Gasteiger partial charge in [-0.3, -0.25) is 14.9 Å². The number of thiophene rings is 1. The van der Waals surface area contributed by atoms with E-state index >= 15 is 0 Å². The summed E-state index contributed by atoms with van der Waals surface area (Å²) in [4.78, 5) is 22.9. The van der Waals surface area contributed by atoms with Crippen LogP contribution in [0.15, 0.2) is 52.0 Å². The van der Waals surface area contributed by atoms with Crippen LogP contribution in [0.3, 0.4) is 0 Å². The molecule has 0 fully saturated rings. The van der Waals surface area contributed by atoms with Gasteiger partial charge in [-0.05, 0) is 30.3 Å². The SMILES string of the molecule is O=C(N/N=C\c1cc(Br)ccc1O)c1cc2cc([N+](=O)[O-])ccc2s1. The lowest BCUT2D eigenvalue weighted by atomic mass is 10.2. The normalized spacial score (nSPS) is 11.1. The monoisotopic (exact) mass is 419 g/mol. The number of benzene rings is 2. The molecule has 25 heavy (non-hydrogen) atoms. The number of amides is 1. The van der Waals surface area contributed by atoms with Gasteiger partial charge in [0.15, 0.2) is 0 Å². The highest BCUT2D eigenvalue weighted by Crippen LogP contribution is 2.29. The van der Waals surface area contributed by atoms with Crippen molar-refractivity contribution >= 4 is 55.2 Å². The van der Waals surface area contributed by atoms with Crippen molar-refractivity contribution in [3.05, 3.63) is 67.5 Å². The highest BCUT2D eigenvalue weighted by molar-refractivity contribution is 9.10. The Labute approximate surface area is 153 Å². The van der Waals surface area contributed by atoms with E-state index < -0.39 is 10.8 Å². The summed E-state index contributed by atoms with van der Waals surface area (Å²) >= 11 is 4.50. The smallest absolute Gasteiger partial charge is 0.281 e. The first-order chi connectivity index (χ1) is 11.9. The fourth-order valence-electron chi connectivity index (χ4n) is 2.10. The zero-order valence-corrected chi connectivity index (χ0v) is 14.9. The number of nitro groups is 1. The van der Waals surface area contributed by atoms with E-state index in [-0.39, 0.29) is 11.4 Å². The molecule has 0 unspecified atom stereocenters. The highest BCUT2D eigenvalue weighted by atomic mass is 79.9. The minimum absolute atomic E-state index is 0.0274. The van der Waals surface area contributed by atoms with E-state index in [9.17, 15) is 20.0 Å². The Kier molecular flexibility index (Phi) is 4.77. The van der Waals surface area contributed by atoms with Gasteiger partial charge < -0.3 is 5.11 Å².